The number of oxazole rings is 1. The minimum absolute atomic E-state index is 0.206. The summed E-state index contributed by atoms with van der Waals surface area (Å²) < 4.78 is 6.76. The highest BCUT2D eigenvalue weighted by Crippen LogP contribution is 2.29. The number of benzene rings is 3. The number of anilines is 1. The molecule has 4 rings (SSSR count). The third-order valence-corrected chi connectivity index (χ3v) is 5.49. The molecule has 0 aliphatic carbocycles. The maximum atomic E-state index is 12.3. The Morgan fingerprint density at radius 3 is 2.67 bits per heavy atom. The lowest BCUT2D eigenvalue weighted by Gasteiger charge is -2.09. The molecule has 150 valence electrons. The number of amides is 1. The standard InChI is InChI=1S/C23H18BrN3O2S/c1-13-5-3-8-18(14(13)2)22-26-19-12-17(9-10-20(19)29-22)25-23(30)27-21(28)15-6-4-7-16(24)11-15/h3-12H,1-2H3,(H2,25,27,28,30). The van der Waals surface area contributed by atoms with E-state index in [2.05, 4.69) is 51.5 Å². The molecule has 0 saturated heterocycles. The van der Waals surface area contributed by atoms with Crippen LogP contribution in [0.15, 0.2) is 69.6 Å². The summed E-state index contributed by atoms with van der Waals surface area (Å²) in [4.78, 5) is 17.0. The third kappa shape index (κ3) is 4.27. The highest BCUT2D eigenvalue weighted by Gasteiger charge is 2.13. The van der Waals surface area contributed by atoms with Crippen molar-refractivity contribution in [3.8, 4) is 11.5 Å². The second kappa shape index (κ2) is 8.38. The van der Waals surface area contributed by atoms with Gasteiger partial charge in [-0.25, -0.2) is 4.98 Å². The molecule has 7 heteroatoms. The van der Waals surface area contributed by atoms with Gasteiger partial charge in [-0.05, 0) is 79.7 Å². The van der Waals surface area contributed by atoms with Gasteiger partial charge in [-0.3, -0.25) is 10.1 Å². The minimum atomic E-state index is -0.284. The zero-order chi connectivity index (χ0) is 21.3. The Balaban J connectivity index is 1.52. The van der Waals surface area contributed by atoms with Gasteiger partial charge in [0, 0.05) is 21.3 Å². The number of hydrogen-bond acceptors (Lipinski definition) is 4. The predicted octanol–water partition coefficient (Wildman–Crippen LogP) is 6.00. The van der Waals surface area contributed by atoms with Crippen molar-refractivity contribution in [2.75, 3.05) is 5.32 Å². The van der Waals surface area contributed by atoms with Gasteiger partial charge < -0.3 is 9.73 Å². The molecule has 1 heterocycles. The predicted molar refractivity (Wildman–Crippen MR) is 127 cm³/mol. The zero-order valence-corrected chi connectivity index (χ0v) is 18.7. The van der Waals surface area contributed by atoms with E-state index in [-0.39, 0.29) is 11.0 Å². The van der Waals surface area contributed by atoms with E-state index in [1.54, 1.807) is 18.2 Å². The molecule has 30 heavy (non-hydrogen) atoms. The van der Waals surface area contributed by atoms with Gasteiger partial charge in [0.1, 0.15) is 5.52 Å². The van der Waals surface area contributed by atoms with Gasteiger partial charge in [-0.1, -0.05) is 34.1 Å². The Kier molecular flexibility index (Phi) is 5.65. The molecule has 0 saturated carbocycles. The summed E-state index contributed by atoms with van der Waals surface area (Å²) in [5.41, 5.74) is 5.90. The number of aromatic nitrogens is 1. The highest BCUT2D eigenvalue weighted by atomic mass is 79.9. The fourth-order valence-electron chi connectivity index (χ4n) is 3.07. The fourth-order valence-corrected chi connectivity index (χ4v) is 3.68. The van der Waals surface area contributed by atoms with Gasteiger partial charge in [0.2, 0.25) is 5.89 Å². The molecule has 5 nitrogen and oxygen atoms in total. The second-order valence-electron chi connectivity index (χ2n) is 6.87. The maximum Gasteiger partial charge on any atom is 0.257 e. The van der Waals surface area contributed by atoms with Crippen LogP contribution in [-0.2, 0) is 0 Å². The molecule has 0 atom stereocenters. The van der Waals surface area contributed by atoms with Crippen LogP contribution >= 0.6 is 28.1 Å². The molecule has 0 aliphatic rings. The summed E-state index contributed by atoms with van der Waals surface area (Å²) in [7, 11) is 0. The summed E-state index contributed by atoms with van der Waals surface area (Å²) in [5.74, 6) is 0.294. The number of thiocarbonyl (C=S) groups is 1. The minimum Gasteiger partial charge on any atom is -0.436 e. The van der Waals surface area contributed by atoms with Crippen LogP contribution in [0.5, 0.6) is 0 Å². The first-order chi connectivity index (χ1) is 14.4. The SMILES string of the molecule is Cc1cccc(-c2nc3cc(NC(=S)NC(=O)c4cccc(Br)c4)ccc3o2)c1C. The maximum absolute atomic E-state index is 12.3. The summed E-state index contributed by atoms with van der Waals surface area (Å²) in [5, 5.41) is 5.91. The van der Waals surface area contributed by atoms with Crippen LogP contribution in [0.3, 0.4) is 0 Å². The molecule has 1 amide bonds. The molecular weight excluding hydrogens is 462 g/mol. The fraction of sp³-hybridized carbons (Fsp3) is 0.0870. The van der Waals surface area contributed by atoms with Crippen molar-refractivity contribution in [1.82, 2.24) is 10.3 Å². The number of hydrogen-bond donors (Lipinski definition) is 2. The van der Waals surface area contributed by atoms with Gasteiger partial charge in [0.05, 0.1) is 0 Å². The smallest absolute Gasteiger partial charge is 0.257 e. The van der Waals surface area contributed by atoms with E-state index in [0.29, 0.717) is 28.2 Å². The van der Waals surface area contributed by atoms with E-state index in [1.165, 1.54) is 5.56 Å². The summed E-state index contributed by atoms with van der Waals surface area (Å²) in [6.45, 7) is 4.12. The topological polar surface area (TPSA) is 67.2 Å². The van der Waals surface area contributed by atoms with Gasteiger partial charge in [0.15, 0.2) is 10.7 Å². The molecule has 0 radical (unpaired) electrons. The number of halogens is 1. The van der Waals surface area contributed by atoms with Gasteiger partial charge in [-0.2, -0.15) is 0 Å². The van der Waals surface area contributed by atoms with E-state index in [1.807, 2.05) is 36.4 Å². The first-order valence-electron chi connectivity index (χ1n) is 9.26. The largest absolute Gasteiger partial charge is 0.436 e. The first kappa shape index (κ1) is 20.3. The highest BCUT2D eigenvalue weighted by molar-refractivity contribution is 9.10. The lowest BCUT2D eigenvalue weighted by atomic mass is 10.0. The van der Waals surface area contributed by atoms with E-state index in [0.717, 1.165) is 15.6 Å². The zero-order valence-electron chi connectivity index (χ0n) is 16.3. The van der Waals surface area contributed by atoms with Crippen molar-refractivity contribution in [1.29, 1.82) is 0 Å². The monoisotopic (exact) mass is 479 g/mol. The van der Waals surface area contributed by atoms with Crippen molar-refractivity contribution in [2.24, 2.45) is 0 Å². The Morgan fingerprint density at radius 2 is 1.87 bits per heavy atom. The lowest BCUT2D eigenvalue weighted by molar-refractivity contribution is 0.0977. The Morgan fingerprint density at radius 1 is 1.07 bits per heavy atom. The van der Waals surface area contributed by atoms with Crippen LogP contribution in [-0.4, -0.2) is 16.0 Å². The van der Waals surface area contributed by atoms with Gasteiger partial charge in [-0.15, -0.1) is 0 Å². The number of aryl methyl sites for hydroxylation is 1. The Labute approximate surface area is 187 Å². The molecule has 0 aliphatic heterocycles. The number of rotatable bonds is 3. The molecular formula is C23H18BrN3O2S. The normalized spacial score (nSPS) is 10.8. The van der Waals surface area contributed by atoms with Crippen LogP contribution in [0.4, 0.5) is 5.69 Å². The van der Waals surface area contributed by atoms with Gasteiger partial charge >= 0.3 is 0 Å². The van der Waals surface area contributed by atoms with Crippen molar-refractivity contribution < 1.29 is 9.21 Å². The van der Waals surface area contributed by atoms with E-state index in [4.69, 9.17) is 16.6 Å². The number of carbonyl (C=O) groups is 1. The molecule has 4 aromatic rings. The van der Waals surface area contributed by atoms with Crippen molar-refractivity contribution >= 4 is 56.0 Å². The number of nitrogens with one attached hydrogen (secondary N) is 2. The van der Waals surface area contributed by atoms with Crippen molar-refractivity contribution in [2.45, 2.75) is 13.8 Å². The third-order valence-electron chi connectivity index (χ3n) is 4.79. The molecule has 0 spiro atoms. The molecule has 1 aromatic heterocycles. The van der Waals surface area contributed by atoms with Crippen LogP contribution in [0, 0.1) is 13.8 Å². The van der Waals surface area contributed by atoms with Gasteiger partial charge in [0.25, 0.3) is 5.91 Å². The molecule has 0 fully saturated rings. The average molecular weight is 480 g/mol. The van der Waals surface area contributed by atoms with Crippen LogP contribution in [0.25, 0.3) is 22.6 Å². The van der Waals surface area contributed by atoms with Crippen molar-refractivity contribution in [3.63, 3.8) is 0 Å². The lowest BCUT2D eigenvalue weighted by Crippen LogP contribution is -2.34. The summed E-state index contributed by atoms with van der Waals surface area (Å²) in [6.07, 6.45) is 0. The molecule has 3 aromatic carbocycles. The van der Waals surface area contributed by atoms with Crippen LogP contribution < -0.4 is 10.6 Å². The number of nitrogens with zero attached hydrogens (tertiary/aromatic N) is 1. The summed E-state index contributed by atoms with van der Waals surface area (Å²) in [6, 6.07) is 18.7. The molecule has 0 unspecified atom stereocenters. The average Bonchev–Trinajstić information content (AvgIpc) is 3.13. The van der Waals surface area contributed by atoms with Crippen molar-refractivity contribution in [3.05, 3.63) is 81.8 Å². The number of fused-ring (bicyclic) bond motifs is 1. The van der Waals surface area contributed by atoms with E-state index < -0.39 is 0 Å². The second-order valence-corrected chi connectivity index (χ2v) is 8.19. The Bertz CT molecular complexity index is 1280. The number of carbonyl (C=O) groups excluding carboxylic acids is 1. The molecule has 0 bridgehead atoms. The van der Waals surface area contributed by atoms with E-state index >= 15 is 0 Å². The van der Waals surface area contributed by atoms with Crippen LogP contribution in [0.1, 0.15) is 21.5 Å². The summed E-state index contributed by atoms with van der Waals surface area (Å²) >= 11 is 8.64. The first-order valence-corrected chi connectivity index (χ1v) is 10.5. The Hall–Kier alpha value is -3.03. The molecule has 2 N–H and O–H groups in total. The van der Waals surface area contributed by atoms with Crippen LogP contribution in [0.2, 0.25) is 0 Å². The van der Waals surface area contributed by atoms with E-state index in [9.17, 15) is 4.79 Å². The quantitative estimate of drug-likeness (QED) is 0.352.